The summed E-state index contributed by atoms with van der Waals surface area (Å²) in [4.78, 5) is 8.56. The van der Waals surface area contributed by atoms with Gasteiger partial charge in [-0.05, 0) is 18.2 Å². The first kappa shape index (κ1) is 12.7. The molecule has 0 radical (unpaired) electrons. The number of carbonyl (C=O) groups is 1. The van der Waals surface area contributed by atoms with Crippen LogP contribution in [0, 0.1) is 0 Å². The highest BCUT2D eigenvalue weighted by Gasteiger charge is 2.30. The number of fused-ring (bicyclic) bond motifs is 1. The van der Waals surface area contributed by atoms with E-state index in [2.05, 4.69) is 15.4 Å². The molecule has 0 aliphatic heterocycles. The Morgan fingerprint density at radius 3 is 2.24 bits per heavy atom. The minimum atomic E-state index is -4.33. The zero-order valence-electron chi connectivity index (χ0n) is 8.06. The smallest absolute Gasteiger partial charge is 0.450 e. The van der Waals surface area contributed by atoms with Gasteiger partial charge in [-0.2, -0.15) is 28.6 Å². The fourth-order valence-corrected chi connectivity index (χ4v) is 1.02. The van der Waals surface area contributed by atoms with Gasteiger partial charge < -0.3 is 10.2 Å². The van der Waals surface area contributed by atoms with Crippen LogP contribution in [0.3, 0.4) is 0 Å². The number of hydrogen-bond acceptors (Lipinski definition) is 3. The number of aromatic amines is 1. The second-order valence-electron chi connectivity index (χ2n) is 2.81. The van der Waals surface area contributed by atoms with E-state index in [1.807, 2.05) is 0 Å². The first-order valence-electron chi connectivity index (χ1n) is 4.10. The molecule has 1 aromatic heterocycles. The highest BCUT2D eigenvalue weighted by atomic mass is 19.4. The second-order valence-corrected chi connectivity index (χ2v) is 2.81. The number of aromatic nitrogens is 3. The van der Waals surface area contributed by atoms with Crippen LogP contribution in [0.2, 0.25) is 0 Å². The van der Waals surface area contributed by atoms with Gasteiger partial charge >= 0.3 is 12.3 Å². The van der Waals surface area contributed by atoms with Crippen molar-refractivity contribution in [3.8, 4) is 0 Å². The number of H-pyrrole nitrogens is 1. The van der Waals surface area contributed by atoms with E-state index >= 15 is 0 Å². The highest BCUT2D eigenvalue weighted by molar-refractivity contribution is 5.74. The molecule has 9 heteroatoms. The standard InChI is InChI=1S/C7H4F3N3.CH2O3/c8-7(9,10)4-1-2-5-6(3-4)12-13-11-5;2-1(3)4/h1-3H,(H,11,12,13);(H2,2,3,4). The lowest BCUT2D eigenvalue weighted by Gasteiger charge is -2.04. The Balaban J connectivity index is 0.000000317. The number of nitrogens with one attached hydrogen (secondary N) is 1. The van der Waals surface area contributed by atoms with Crippen LogP contribution >= 0.6 is 0 Å². The Labute approximate surface area is 91.7 Å². The number of benzene rings is 1. The van der Waals surface area contributed by atoms with Gasteiger partial charge in [-0.1, -0.05) is 0 Å². The van der Waals surface area contributed by atoms with E-state index in [4.69, 9.17) is 15.0 Å². The summed E-state index contributed by atoms with van der Waals surface area (Å²) in [6.07, 6.45) is -6.16. The number of alkyl halides is 3. The molecule has 0 atom stereocenters. The van der Waals surface area contributed by atoms with E-state index in [1.54, 1.807) is 0 Å². The fourth-order valence-electron chi connectivity index (χ4n) is 1.02. The zero-order chi connectivity index (χ0) is 13.1. The molecule has 0 fully saturated rings. The normalized spacial score (nSPS) is 10.8. The third-order valence-electron chi connectivity index (χ3n) is 1.64. The summed E-state index contributed by atoms with van der Waals surface area (Å²) in [7, 11) is 0. The van der Waals surface area contributed by atoms with Crippen molar-refractivity contribution in [1.82, 2.24) is 15.4 Å². The maximum absolute atomic E-state index is 12.2. The molecular weight excluding hydrogens is 243 g/mol. The van der Waals surface area contributed by atoms with Crippen LogP contribution in [0.5, 0.6) is 0 Å². The molecule has 2 rings (SSSR count). The summed E-state index contributed by atoms with van der Waals surface area (Å²) in [5, 5.41) is 23.4. The molecule has 0 spiro atoms. The molecule has 3 N–H and O–H groups in total. The van der Waals surface area contributed by atoms with Crippen LogP contribution in [0.4, 0.5) is 18.0 Å². The predicted molar refractivity (Wildman–Crippen MR) is 49.5 cm³/mol. The average molecular weight is 249 g/mol. The van der Waals surface area contributed by atoms with Gasteiger partial charge in [-0.25, -0.2) is 4.79 Å². The maximum Gasteiger partial charge on any atom is 0.503 e. The summed E-state index contributed by atoms with van der Waals surface area (Å²) in [5.74, 6) is 0. The quantitative estimate of drug-likeness (QED) is 0.664. The van der Waals surface area contributed by atoms with Gasteiger partial charge in [0.05, 0.1) is 5.56 Å². The molecule has 0 aliphatic rings. The average Bonchev–Trinajstić information content (AvgIpc) is 2.61. The summed E-state index contributed by atoms with van der Waals surface area (Å²) >= 11 is 0. The lowest BCUT2D eigenvalue weighted by molar-refractivity contribution is -0.137. The van der Waals surface area contributed by atoms with Crippen molar-refractivity contribution in [2.75, 3.05) is 0 Å². The topological polar surface area (TPSA) is 99.1 Å². The molecular formula is C8H6F3N3O3. The largest absolute Gasteiger partial charge is 0.503 e. The van der Waals surface area contributed by atoms with E-state index < -0.39 is 17.9 Å². The number of nitrogens with zero attached hydrogens (tertiary/aromatic N) is 2. The molecule has 92 valence electrons. The maximum atomic E-state index is 12.2. The van der Waals surface area contributed by atoms with Crippen LogP contribution in [0.1, 0.15) is 5.56 Å². The first-order chi connectivity index (χ1) is 7.80. The number of halogens is 3. The Morgan fingerprint density at radius 2 is 1.71 bits per heavy atom. The van der Waals surface area contributed by atoms with E-state index in [-0.39, 0.29) is 5.52 Å². The molecule has 0 saturated heterocycles. The third-order valence-corrected chi connectivity index (χ3v) is 1.64. The summed E-state index contributed by atoms with van der Waals surface area (Å²) in [6.45, 7) is 0. The van der Waals surface area contributed by atoms with Crippen LogP contribution < -0.4 is 0 Å². The number of rotatable bonds is 0. The van der Waals surface area contributed by atoms with Gasteiger partial charge in [-0.15, -0.1) is 0 Å². The SMILES string of the molecule is FC(F)(F)c1ccc2n[nH]nc2c1.O=C(O)O. The molecule has 0 amide bonds. The minimum absolute atomic E-state index is 0.217. The van der Waals surface area contributed by atoms with Crippen molar-refractivity contribution in [3.05, 3.63) is 23.8 Å². The molecule has 6 nitrogen and oxygen atoms in total. The van der Waals surface area contributed by atoms with Crippen LogP contribution in [-0.2, 0) is 6.18 Å². The Kier molecular flexibility index (Phi) is 3.51. The van der Waals surface area contributed by atoms with Crippen molar-refractivity contribution >= 4 is 17.2 Å². The second kappa shape index (κ2) is 4.68. The van der Waals surface area contributed by atoms with Crippen molar-refractivity contribution in [1.29, 1.82) is 0 Å². The molecule has 0 saturated carbocycles. The zero-order valence-corrected chi connectivity index (χ0v) is 8.06. The third kappa shape index (κ3) is 3.63. The molecule has 1 heterocycles. The van der Waals surface area contributed by atoms with Gasteiger partial charge in [-0.3, -0.25) is 0 Å². The van der Waals surface area contributed by atoms with Crippen molar-refractivity contribution in [2.24, 2.45) is 0 Å². The predicted octanol–water partition coefficient (Wildman–Crippen LogP) is 2.20. The van der Waals surface area contributed by atoms with E-state index in [9.17, 15) is 13.2 Å². The highest BCUT2D eigenvalue weighted by Crippen LogP contribution is 2.30. The minimum Gasteiger partial charge on any atom is -0.450 e. The van der Waals surface area contributed by atoms with Gasteiger partial charge in [0, 0.05) is 0 Å². The van der Waals surface area contributed by atoms with Crippen LogP contribution in [0.25, 0.3) is 11.0 Å². The van der Waals surface area contributed by atoms with Crippen LogP contribution in [0.15, 0.2) is 18.2 Å². The Hall–Kier alpha value is -2.32. The molecule has 0 unspecified atom stereocenters. The molecule has 0 bridgehead atoms. The van der Waals surface area contributed by atoms with Crippen LogP contribution in [-0.4, -0.2) is 31.8 Å². The molecule has 1 aromatic carbocycles. The first-order valence-corrected chi connectivity index (χ1v) is 4.10. The number of hydrogen-bond donors (Lipinski definition) is 3. The monoisotopic (exact) mass is 249 g/mol. The summed E-state index contributed by atoms with van der Waals surface area (Å²) in [6, 6.07) is 3.21. The van der Waals surface area contributed by atoms with E-state index in [0.717, 1.165) is 12.1 Å². The molecule has 2 aromatic rings. The van der Waals surface area contributed by atoms with Gasteiger partial charge in [0.2, 0.25) is 0 Å². The Morgan fingerprint density at radius 1 is 1.18 bits per heavy atom. The van der Waals surface area contributed by atoms with Crippen molar-refractivity contribution in [3.63, 3.8) is 0 Å². The van der Waals surface area contributed by atoms with Gasteiger partial charge in [0.25, 0.3) is 0 Å². The van der Waals surface area contributed by atoms with Gasteiger partial charge in [0.1, 0.15) is 11.0 Å². The number of carboxylic acid groups (broad SMARTS) is 2. The van der Waals surface area contributed by atoms with Gasteiger partial charge in [0.15, 0.2) is 0 Å². The molecule has 17 heavy (non-hydrogen) atoms. The summed E-state index contributed by atoms with van der Waals surface area (Å²) < 4.78 is 36.5. The summed E-state index contributed by atoms with van der Waals surface area (Å²) in [5.41, 5.74) is -0.0725. The molecule has 0 aliphatic carbocycles. The van der Waals surface area contributed by atoms with Crippen molar-refractivity contribution < 1.29 is 28.2 Å². The lowest BCUT2D eigenvalue weighted by atomic mass is 10.2. The fraction of sp³-hybridized carbons (Fsp3) is 0.125. The van der Waals surface area contributed by atoms with Crippen molar-refractivity contribution in [2.45, 2.75) is 6.18 Å². The van der Waals surface area contributed by atoms with E-state index in [1.165, 1.54) is 6.07 Å². The van der Waals surface area contributed by atoms with E-state index in [0.29, 0.717) is 5.52 Å². The Bertz CT molecular complexity index is 519. The lowest BCUT2D eigenvalue weighted by Crippen LogP contribution is -2.04.